The van der Waals surface area contributed by atoms with E-state index in [4.69, 9.17) is 5.73 Å². The van der Waals surface area contributed by atoms with Crippen molar-refractivity contribution in [2.45, 2.75) is 20.3 Å². The van der Waals surface area contributed by atoms with Crippen LogP contribution in [0.5, 0.6) is 0 Å². The molecule has 152 valence electrons. The van der Waals surface area contributed by atoms with Crippen LogP contribution in [0.2, 0.25) is 0 Å². The third-order valence-electron chi connectivity index (χ3n) is 5.65. The summed E-state index contributed by atoms with van der Waals surface area (Å²) in [4.78, 5) is 14.8. The first-order chi connectivity index (χ1) is 13.5. The maximum absolute atomic E-state index is 12.9. The first-order valence-corrected chi connectivity index (χ1v) is 9.58. The second-order valence-electron chi connectivity index (χ2n) is 7.84. The number of aromatic nitrogens is 3. The molecule has 1 unspecified atom stereocenters. The van der Waals surface area contributed by atoms with Crippen LogP contribution in [0.1, 0.15) is 29.5 Å². The molecule has 1 saturated heterocycles. The molecule has 1 atom stereocenters. The number of carbonyl (C=O) groups excluding carboxylic acids is 1. The van der Waals surface area contributed by atoms with Gasteiger partial charge in [-0.05, 0) is 48.6 Å². The van der Waals surface area contributed by atoms with Crippen LogP contribution in [0.4, 0.5) is 0 Å². The van der Waals surface area contributed by atoms with Gasteiger partial charge in [0.2, 0.25) is 0 Å². The Labute approximate surface area is 177 Å². The molecule has 4 rings (SSSR count). The number of nitrogens with zero attached hydrogens (tertiary/aromatic N) is 4. The normalized spacial score (nSPS) is 18.5. The topological polar surface area (TPSA) is 77.0 Å². The van der Waals surface area contributed by atoms with Crippen LogP contribution in [-0.4, -0.2) is 45.4 Å². The fourth-order valence-electron chi connectivity index (χ4n) is 3.71. The maximum atomic E-state index is 12.9. The standard InChI is InChI=1S/C22H25N5O.ClH/c1-16-20(21(28)26-13-12-22(2,14-23)15-26)24-25-27(16)19-10-8-18(9-11-19)17-6-4-3-5-7-17;/h3-11H,12-15,23H2,1-2H3;1H. The zero-order valence-electron chi connectivity index (χ0n) is 16.7. The fraction of sp³-hybridized carbons (Fsp3) is 0.318. The zero-order chi connectivity index (χ0) is 19.7. The number of halogens is 1. The van der Waals surface area contributed by atoms with Crippen molar-refractivity contribution in [2.24, 2.45) is 11.1 Å². The molecule has 6 nitrogen and oxygen atoms in total. The van der Waals surface area contributed by atoms with Gasteiger partial charge in [0, 0.05) is 13.1 Å². The Bertz CT molecular complexity index is 986. The number of hydrogen-bond donors (Lipinski definition) is 1. The summed E-state index contributed by atoms with van der Waals surface area (Å²) in [5.41, 5.74) is 10.2. The Morgan fingerprint density at radius 3 is 2.38 bits per heavy atom. The number of rotatable bonds is 4. The van der Waals surface area contributed by atoms with Gasteiger partial charge in [-0.15, -0.1) is 17.5 Å². The van der Waals surface area contributed by atoms with Crippen molar-refractivity contribution < 1.29 is 4.79 Å². The summed E-state index contributed by atoms with van der Waals surface area (Å²) in [6, 6.07) is 18.3. The zero-order valence-corrected chi connectivity index (χ0v) is 17.5. The molecule has 3 aromatic rings. The van der Waals surface area contributed by atoms with Crippen molar-refractivity contribution >= 4 is 18.3 Å². The highest BCUT2D eigenvalue weighted by Crippen LogP contribution is 2.30. The first kappa shape index (κ1) is 21.0. The number of benzene rings is 2. The average Bonchev–Trinajstić information content (AvgIpc) is 3.32. The summed E-state index contributed by atoms with van der Waals surface area (Å²) in [7, 11) is 0. The molecule has 1 aliphatic rings. The monoisotopic (exact) mass is 411 g/mol. The van der Waals surface area contributed by atoms with E-state index < -0.39 is 0 Å². The van der Waals surface area contributed by atoms with Crippen molar-refractivity contribution in [3.63, 3.8) is 0 Å². The third-order valence-corrected chi connectivity index (χ3v) is 5.65. The summed E-state index contributed by atoms with van der Waals surface area (Å²) in [5, 5.41) is 8.41. The molecule has 0 saturated carbocycles. The SMILES string of the molecule is Cc1c(C(=O)N2CCC(C)(CN)C2)nnn1-c1ccc(-c2ccccc2)cc1.Cl. The van der Waals surface area contributed by atoms with E-state index in [0.717, 1.165) is 28.9 Å². The largest absolute Gasteiger partial charge is 0.337 e. The van der Waals surface area contributed by atoms with Gasteiger partial charge in [0.15, 0.2) is 5.69 Å². The van der Waals surface area contributed by atoms with Crippen molar-refractivity contribution in [2.75, 3.05) is 19.6 Å². The van der Waals surface area contributed by atoms with Gasteiger partial charge in [-0.1, -0.05) is 54.6 Å². The molecule has 1 aliphatic heterocycles. The molecule has 0 aliphatic carbocycles. The first-order valence-electron chi connectivity index (χ1n) is 9.58. The molecular formula is C22H26ClN5O. The fourth-order valence-corrected chi connectivity index (χ4v) is 3.71. The lowest BCUT2D eigenvalue weighted by Gasteiger charge is -2.22. The lowest BCUT2D eigenvalue weighted by atomic mass is 9.90. The predicted octanol–water partition coefficient (Wildman–Crippen LogP) is 3.48. The van der Waals surface area contributed by atoms with Crippen LogP contribution < -0.4 is 5.73 Å². The van der Waals surface area contributed by atoms with Gasteiger partial charge >= 0.3 is 0 Å². The average molecular weight is 412 g/mol. The highest BCUT2D eigenvalue weighted by molar-refractivity contribution is 5.93. The molecule has 0 radical (unpaired) electrons. The van der Waals surface area contributed by atoms with Gasteiger partial charge < -0.3 is 10.6 Å². The van der Waals surface area contributed by atoms with Crippen molar-refractivity contribution in [3.05, 3.63) is 66.0 Å². The van der Waals surface area contributed by atoms with E-state index in [2.05, 4.69) is 41.5 Å². The van der Waals surface area contributed by atoms with Crippen LogP contribution in [0, 0.1) is 12.3 Å². The van der Waals surface area contributed by atoms with Gasteiger partial charge in [0.1, 0.15) is 0 Å². The molecule has 2 N–H and O–H groups in total. The van der Waals surface area contributed by atoms with Gasteiger partial charge in [0.25, 0.3) is 5.91 Å². The van der Waals surface area contributed by atoms with E-state index in [-0.39, 0.29) is 23.7 Å². The Morgan fingerprint density at radius 1 is 1.10 bits per heavy atom. The second kappa shape index (κ2) is 8.35. The molecule has 1 aromatic heterocycles. The molecule has 2 heterocycles. The highest BCUT2D eigenvalue weighted by Gasteiger charge is 2.36. The molecule has 0 spiro atoms. The molecule has 7 heteroatoms. The van der Waals surface area contributed by atoms with Crippen LogP contribution >= 0.6 is 12.4 Å². The van der Waals surface area contributed by atoms with E-state index in [1.165, 1.54) is 0 Å². The number of likely N-dealkylation sites (tertiary alicyclic amines) is 1. The Kier molecular flexibility index (Phi) is 6.05. The predicted molar refractivity (Wildman–Crippen MR) is 116 cm³/mol. The van der Waals surface area contributed by atoms with E-state index in [1.54, 1.807) is 4.68 Å². The van der Waals surface area contributed by atoms with Crippen molar-refractivity contribution in [1.29, 1.82) is 0 Å². The summed E-state index contributed by atoms with van der Waals surface area (Å²) in [6.07, 6.45) is 0.920. The molecule has 29 heavy (non-hydrogen) atoms. The molecule has 1 amide bonds. The summed E-state index contributed by atoms with van der Waals surface area (Å²) in [6.45, 7) is 5.97. The van der Waals surface area contributed by atoms with E-state index in [9.17, 15) is 4.79 Å². The van der Waals surface area contributed by atoms with Crippen LogP contribution in [-0.2, 0) is 0 Å². The number of amides is 1. The van der Waals surface area contributed by atoms with Crippen LogP contribution in [0.3, 0.4) is 0 Å². The number of carbonyl (C=O) groups is 1. The van der Waals surface area contributed by atoms with Gasteiger partial charge in [-0.3, -0.25) is 4.79 Å². The quantitative estimate of drug-likeness (QED) is 0.713. The van der Waals surface area contributed by atoms with E-state index in [0.29, 0.717) is 25.3 Å². The molecule has 0 bridgehead atoms. The lowest BCUT2D eigenvalue weighted by molar-refractivity contribution is 0.0770. The van der Waals surface area contributed by atoms with E-state index in [1.807, 2.05) is 42.2 Å². The van der Waals surface area contributed by atoms with Crippen molar-refractivity contribution in [3.8, 4) is 16.8 Å². The van der Waals surface area contributed by atoms with Crippen LogP contribution in [0.15, 0.2) is 54.6 Å². The third kappa shape index (κ3) is 4.04. The minimum atomic E-state index is -0.0677. The summed E-state index contributed by atoms with van der Waals surface area (Å²) < 4.78 is 1.72. The van der Waals surface area contributed by atoms with Gasteiger partial charge in [0.05, 0.1) is 11.4 Å². The smallest absolute Gasteiger partial charge is 0.276 e. The van der Waals surface area contributed by atoms with Crippen LogP contribution in [0.25, 0.3) is 16.8 Å². The molecule has 2 aromatic carbocycles. The summed E-state index contributed by atoms with van der Waals surface area (Å²) in [5.74, 6) is -0.0677. The Balaban J connectivity index is 0.00000240. The maximum Gasteiger partial charge on any atom is 0.276 e. The Hall–Kier alpha value is -2.70. The minimum absolute atomic E-state index is 0. The highest BCUT2D eigenvalue weighted by atomic mass is 35.5. The van der Waals surface area contributed by atoms with Gasteiger partial charge in [-0.25, -0.2) is 4.68 Å². The van der Waals surface area contributed by atoms with Crippen molar-refractivity contribution in [1.82, 2.24) is 19.9 Å². The summed E-state index contributed by atoms with van der Waals surface area (Å²) >= 11 is 0. The number of nitrogens with two attached hydrogens (primary N) is 1. The Morgan fingerprint density at radius 2 is 1.76 bits per heavy atom. The van der Waals surface area contributed by atoms with E-state index >= 15 is 0 Å². The molecular weight excluding hydrogens is 386 g/mol. The minimum Gasteiger partial charge on any atom is -0.337 e. The second-order valence-corrected chi connectivity index (χ2v) is 7.84. The number of hydrogen-bond acceptors (Lipinski definition) is 4. The van der Waals surface area contributed by atoms with Gasteiger partial charge in [-0.2, -0.15) is 0 Å². The molecule has 1 fully saturated rings. The lowest BCUT2D eigenvalue weighted by Crippen LogP contribution is -2.35.